The van der Waals surface area contributed by atoms with Crippen molar-refractivity contribution in [2.45, 2.75) is 0 Å². The number of benzene rings is 2. The second-order valence-electron chi connectivity index (χ2n) is 6.66. The average Bonchev–Trinajstić information content (AvgIpc) is 3.12. The van der Waals surface area contributed by atoms with Crippen LogP contribution in [0.25, 0.3) is 6.08 Å². The summed E-state index contributed by atoms with van der Waals surface area (Å²) < 4.78 is 32.4. The van der Waals surface area contributed by atoms with Crippen LogP contribution in [0.3, 0.4) is 0 Å². The summed E-state index contributed by atoms with van der Waals surface area (Å²) in [5.41, 5.74) is 1.32. The average molecular weight is 505 g/mol. The van der Waals surface area contributed by atoms with Gasteiger partial charge in [0.25, 0.3) is 5.91 Å². The molecule has 0 unspecified atom stereocenters. The Balaban J connectivity index is 1.90. The second kappa shape index (κ2) is 11.1. The molecule has 1 heterocycles. The van der Waals surface area contributed by atoms with Crippen LogP contribution in [0.15, 0.2) is 34.3 Å². The van der Waals surface area contributed by atoms with Crippen LogP contribution in [0.4, 0.5) is 0 Å². The highest BCUT2D eigenvalue weighted by Gasteiger charge is 2.32. The molecule has 1 amide bonds. The lowest BCUT2D eigenvalue weighted by atomic mass is 10.1. The fraction of sp³-hybridized carbons (Fsp3) is 0.261. The Hall–Kier alpha value is -3.44. The molecule has 34 heavy (non-hydrogen) atoms. The first kappa shape index (κ1) is 25.2. The molecule has 1 aliphatic rings. The molecule has 9 nitrogen and oxygen atoms in total. The maximum absolute atomic E-state index is 13.0. The van der Waals surface area contributed by atoms with Gasteiger partial charge < -0.3 is 28.4 Å². The first-order valence-electron chi connectivity index (χ1n) is 9.82. The second-order valence-corrected chi connectivity index (χ2v) is 8.33. The van der Waals surface area contributed by atoms with Crippen LogP contribution in [0.1, 0.15) is 11.1 Å². The summed E-state index contributed by atoms with van der Waals surface area (Å²) in [5.74, 6) is 2.46. The standard InChI is InChI=1S/C23H24N2O7S2/c1-27-15-7-13(8-16(28-2)20(15)31-5)11-19-22(26)25(23(33)34-19)24-12-14-9-17(29-3)21(32-6)18(10-14)30-4/h7-12H,1-6H3/b19-11-,24-12?. The summed E-state index contributed by atoms with van der Waals surface area (Å²) in [6.07, 6.45) is 3.19. The maximum atomic E-state index is 13.0. The smallest absolute Gasteiger partial charge is 0.286 e. The Kier molecular flexibility index (Phi) is 8.24. The highest BCUT2D eigenvalue weighted by molar-refractivity contribution is 8.26. The van der Waals surface area contributed by atoms with Gasteiger partial charge >= 0.3 is 0 Å². The van der Waals surface area contributed by atoms with Crippen LogP contribution in [-0.4, -0.2) is 64.1 Å². The van der Waals surface area contributed by atoms with Crippen molar-refractivity contribution in [2.75, 3.05) is 42.7 Å². The normalized spacial score (nSPS) is 14.6. The Morgan fingerprint density at radius 1 is 0.765 bits per heavy atom. The zero-order chi connectivity index (χ0) is 24.8. The summed E-state index contributed by atoms with van der Waals surface area (Å²) in [5, 5.41) is 5.44. The molecule has 0 aromatic heterocycles. The minimum Gasteiger partial charge on any atom is -0.493 e. The fourth-order valence-corrected chi connectivity index (χ4v) is 4.37. The summed E-state index contributed by atoms with van der Waals surface area (Å²) in [7, 11) is 9.14. The summed E-state index contributed by atoms with van der Waals surface area (Å²) in [6, 6.07) is 6.92. The van der Waals surface area contributed by atoms with Crippen molar-refractivity contribution < 1.29 is 33.2 Å². The highest BCUT2D eigenvalue weighted by Crippen LogP contribution is 2.41. The van der Waals surface area contributed by atoms with Crippen molar-refractivity contribution in [3.05, 3.63) is 40.3 Å². The maximum Gasteiger partial charge on any atom is 0.286 e. The third kappa shape index (κ3) is 5.05. The first-order chi connectivity index (χ1) is 16.4. The number of hydrogen-bond acceptors (Lipinski definition) is 10. The van der Waals surface area contributed by atoms with Crippen molar-refractivity contribution in [1.29, 1.82) is 0 Å². The van der Waals surface area contributed by atoms with E-state index in [4.69, 9.17) is 40.6 Å². The summed E-state index contributed by atoms with van der Waals surface area (Å²) >= 11 is 6.52. The molecule has 180 valence electrons. The van der Waals surface area contributed by atoms with E-state index in [0.29, 0.717) is 54.8 Å². The van der Waals surface area contributed by atoms with E-state index < -0.39 is 0 Å². The number of thiocarbonyl (C=S) groups is 1. The van der Waals surface area contributed by atoms with Crippen LogP contribution in [0.5, 0.6) is 34.5 Å². The number of hydrazone groups is 1. The molecule has 0 spiro atoms. The lowest BCUT2D eigenvalue weighted by Gasteiger charge is -2.13. The number of rotatable bonds is 9. The van der Waals surface area contributed by atoms with E-state index in [1.165, 1.54) is 48.9 Å². The van der Waals surface area contributed by atoms with E-state index >= 15 is 0 Å². The Morgan fingerprint density at radius 2 is 1.21 bits per heavy atom. The fourth-order valence-electron chi connectivity index (χ4n) is 3.20. The number of methoxy groups -OCH3 is 6. The van der Waals surface area contributed by atoms with Gasteiger partial charge in [-0.2, -0.15) is 10.1 Å². The summed E-state index contributed by atoms with van der Waals surface area (Å²) in [4.78, 5) is 13.4. The van der Waals surface area contributed by atoms with Crippen molar-refractivity contribution >= 4 is 46.5 Å². The van der Waals surface area contributed by atoms with Crippen LogP contribution in [-0.2, 0) is 4.79 Å². The topological polar surface area (TPSA) is 88.1 Å². The first-order valence-corrected chi connectivity index (χ1v) is 11.0. The van der Waals surface area contributed by atoms with Gasteiger partial charge in [0.1, 0.15) is 0 Å². The van der Waals surface area contributed by atoms with E-state index in [1.807, 2.05) is 0 Å². The van der Waals surface area contributed by atoms with Gasteiger partial charge in [0.15, 0.2) is 27.3 Å². The van der Waals surface area contributed by atoms with Crippen LogP contribution in [0.2, 0.25) is 0 Å². The number of nitrogens with zero attached hydrogens (tertiary/aromatic N) is 2. The molecule has 2 aromatic carbocycles. The van der Waals surface area contributed by atoms with Gasteiger partial charge in [-0.1, -0.05) is 11.8 Å². The van der Waals surface area contributed by atoms with Gasteiger partial charge in [-0.25, -0.2) is 0 Å². The largest absolute Gasteiger partial charge is 0.493 e. The van der Waals surface area contributed by atoms with Crippen LogP contribution in [0, 0.1) is 0 Å². The van der Waals surface area contributed by atoms with Crippen molar-refractivity contribution in [1.82, 2.24) is 5.01 Å². The molecule has 11 heteroatoms. The minimum absolute atomic E-state index is 0.299. The lowest BCUT2D eigenvalue weighted by molar-refractivity contribution is -0.122. The SMILES string of the molecule is COc1cc(C=NN2C(=O)/C(=C/c3cc(OC)c(OC)c(OC)c3)SC2=S)cc(OC)c1OC. The van der Waals surface area contributed by atoms with Crippen LogP contribution < -0.4 is 28.4 Å². The molecule has 0 aliphatic carbocycles. The Morgan fingerprint density at radius 3 is 1.62 bits per heavy atom. The molecule has 0 radical (unpaired) electrons. The quantitative estimate of drug-likeness (QED) is 0.286. The highest BCUT2D eigenvalue weighted by atomic mass is 32.2. The summed E-state index contributed by atoms with van der Waals surface area (Å²) in [6.45, 7) is 0. The predicted molar refractivity (Wildman–Crippen MR) is 135 cm³/mol. The monoisotopic (exact) mass is 504 g/mol. The van der Waals surface area contributed by atoms with Gasteiger partial charge in [0.2, 0.25) is 11.5 Å². The van der Waals surface area contributed by atoms with Crippen molar-refractivity contribution in [3.8, 4) is 34.5 Å². The van der Waals surface area contributed by atoms with E-state index in [1.54, 1.807) is 30.3 Å². The number of hydrogen-bond donors (Lipinski definition) is 0. The van der Waals surface area contributed by atoms with Gasteiger partial charge in [0, 0.05) is 5.56 Å². The van der Waals surface area contributed by atoms with E-state index in [0.717, 1.165) is 16.8 Å². The zero-order valence-corrected chi connectivity index (χ0v) is 21.2. The molecule has 0 saturated carbocycles. The number of amides is 1. The number of ether oxygens (including phenoxy) is 6. The van der Waals surface area contributed by atoms with Gasteiger partial charge in [-0.15, -0.1) is 0 Å². The molecular formula is C23H24N2O7S2. The van der Waals surface area contributed by atoms with Gasteiger partial charge in [0.05, 0.1) is 53.8 Å². The Labute approximate surface area is 207 Å². The molecule has 1 fully saturated rings. The third-order valence-corrected chi connectivity index (χ3v) is 6.05. The Bertz CT molecular complexity index is 1110. The van der Waals surface area contributed by atoms with E-state index in [9.17, 15) is 4.79 Å². The predicted octanol–water partition coefficient (Wildman–Crippen LogP) is 3.97. The number of carbonyl (C=O) groups excluding carboxylic acids is 1. The van der Waals surface area contributed by atoms with Crippen molar-refractivity contribution in [2.24, 2.45) is 5.10 Å². The van der Waals surface area contributed by atoms with E-state index in [2.05, 4.69) is 5.10 Å². The van der Waals surface area contributed by atoms with Crippen LogP contribution >= 0.6 is 24.0 Å². The molecule has 0 atom stereocenters. The molecule has 0 bridgehead atoms. The van der Waals surface area contributed by atoms with E-state index in [-0.39, 0.29) is 5.91 Å². The minimum atomic E-state index is -0.354. The van der Waals surface area contributed by atoms with Gasteiger partial charge in [-0.05, 0) is 48.1 Å². The zero-order valence-electron chi connectivity index (χ0n) is 19.5. The van der Waals surface area contributed by atoms with Crippen molar-refractivity contribution in [3.63, 3.8) is 0 Å². The lowest BCUT2D eigenvalue weighted by Crippen LogP contribution is -2.22. The number of thioether (sulfide) groups is 1. The molecule has 1 aliphatic heterocycles. The molecule has 1 saturated heterocycles. The molecule has 0 N–H and O–H groups in total. The molecular weight excluding hydrogens is 480 g/mol. The number of carbonyl (C=O) groups is 1. The third-order valence-electron chi connectivity index (χ3n) is 4.77. The molecule has 3 rings (SSSR count). The molecule has 2 aromatic rings. The van der Waals surface area contributed by atoms with Gasteiger partial charge in [-0.3, -0.25) is 4.79 Å².